The van der Waals surface area contributed by atoms with Gasteiger partial charge in [-0.3, -0.25) is 4.79 Å². The highest BCUT2D eigenvalue weighted by Crippen LogP contribution is 2.50. The monoisotopic (exact) mass is 382 g/mol. The zero-order chi connectivity index (χ0) is 20.0. The predicted octanol–water partition coefficient (Wildman–Crippen LogP) is 5.80. The van der Waals surface area contributed by atoms with E-state index >= 15 is 0 Å². The van der Waals surface area contributed by atoms with Crippen molar-refractivity contribution in [2.45, 2.75) is 38.3 Å². The van der Waals surface area contributed by atoms with E-state index in [2.05, 4.69) is 71.3 Å². The second-order valence-corrected chi connectivity index (χ2v) is 8.48. The number of anilines is 1. The number of nitrogens with one attached hydrogen (secondary N) is 2. The van der Waals surface area contributed by atoms with Crippen molar-refractivity contribution in [1.29, 1.82) is 0 Å². The molecule has 3 unspecified atom stereocenters. The number of carbonyl (C=O) groups is 1. The normalized spacial score (nSPS) is 22.2. The third kappa shape index (κ3) is 3.11. The van der Waals surface area contributed by atoms with Gasteiger partial charge in [-0.05, 0) is 60.2 Å². The van der Waals surface area contributed by atoms with Gasteiger partial charge in [-0.1, -0.05) is 60.7 Å². The molecule has 5 rings (SSSR count). The van der Waals surface area contributed by atoms with Gasteiger partial charge in [-0.15, -0.1) is 0 Å². The fraction of sp³-hybridized carbons (Fsp3) is 0.269. The third-order valence-corrected chi connectivity index (χ3v) is 6.19. The van der Waals surface area contributed by atoms with Crippen LogP contribution in [0.3, 0.4) is 0 Å². The van der Waals surface area contributed by atoms with E-state index < -0.39 is 0 Å². The summed E-state index contributed by atoms with van der Waals surface area (Å²) < 4.78 is 0. The van der Waals surface area contributed by atoms with Crippen LogP contribution in [0.4, 0.5) is 5.69 Å². The molecule has 3 aromatic rings. The lowest BCUT2D eigenvalue weighted by Gasteiger charge is -2.38. The van der Waals surface area contributed by atoms with Crippen molar-refractivity contribution in [3.05, 3.63) is 89.5 Å². The first-order chi connectivity index (χ1) is 14.1. The summed E-state index contributed by atoms with van der Waals surface area (Å²) >= 11 is 0. The maximum Gasteiger partial charge on any atom is 0.253 e. The van der Waals surface area contributed by atoms with Crippen LogP contribution in [-0.4, -0.2) is 11.9 Å². The Kier molecular flexibility index (Phi) is 4.39. The average Bonchev–Trinajstić information content (AvgIpc) is 3.22. The van der Waals surface area contributed by atoms with Crippen molar-refractivity contribution in [2.75, 3.05) is 5.32 Å². The van der Waals surface area contributed by atoms with E-state index in [9.17, 15) is 4.79 Å². The Bertz CT molecular complexity index is 1110. The number of allylic oxidation sites excluding steroid dienone is 2. The van der Waals surface area contributed by atoms with Crippen molar-refractivity contribution < 1.29 is 4.79 Å². The Morgan fingerprint density at radius 2 is 1.86 bits per heavy atom. The van der Waals surface area contributed by atoms with Crippen molar-refractivity contribution >= 4 is 22.4 Å². The molecule has 0 saturated carbocycles. The second-order valence-electron chi connectivity index (χ2n) is 8.48. The fourth-order valence-electron chi connectivity index (χ4n) is 4.88. The zero-order valence-corrected chi connectivity index (χ0v) is 16.9. The number of amides is 1. The van der Waals surface area contributed by atoms with Gasteiger partial charge in [0.1, 0.15) is 0 Å². The van der Waals surface area contributed by atoms with E-state index in [1.807, 2.05) is 26.0 Å². The van der Waals surface area contributed by atoms with Gasteiger partial charge in [0.2, 0.25) is 0 Å². The molecule has 0 spiro atoms. The zero-order valence-electron chi connectivity index (χ0n) is 16.9. The minimum absolute atomic E-state index is 0.0120. The molecule has 0 fully saturated rings. The van der Waals surface area contributed by atoms with Gasteiger partial charge >= 0.3 is 0 Å². The standard InChI is InChI=1S/C26H26N2O/c1-16(2)27-26(29)23-12-6-11-22-20-9-5-10-21(20)24(28-25(22)23)19-14-13-17-7-3-4-8-18(17)15-19/h3-9,11-16,20-21,24,28H,10H2,1-2H3,(H,27,29). The first kappa shape index (κ1) is 18.0. The molecule has 3 heteroatoms. The summed E-state index contributed by atoms with van der Waals surface area (Å²) in [5.41, 5.74) is 4.24. The van der Waals surface area contributed by atoms with E-state index in [1.165, 1.54) is 21.9 Å². The number of fused-ring (bicyclic) bond motifs is 4. The first-order valence-corrected chi connectivity index (χ1v) is 10.5. The van der Waals surface area contributed by atoms with Gasteiger partial charge in [0.25, 0.3) is 5.91 Å². The Balaban J connectivity index is 1.59. The van der Waals surface area contributed by atoms with Crippen LogP contribution in [0.15, 0.2) is 72.8 Å². The van der Waals surface area contributed by atoms with E-state index in [-0.39, 0.29) is 18.0 Å². The molecular weight excluding hydrogens is 356 g/mol. The molecule has 146 valence electrons. The SMILES string of the molecule is CC(C)NC(=O)c1cccc2c1NC(c1ccc3ccccc3c1)C1CC=CC21. The second kappa shape index (κ2) is 7.07. The van der Waals surface area contributed by atoms with Crippen LogP contribution >= 0.6 is 0 Å². The molecule has 1 amide bonds. The van der Waals surface area contributed by atoms with Gasteiger partial charge in [0.05, 0.1) is 17.3 Å². The van der Waals surface area contributed by atoms with E-state index in [1.54, 1.807) is 0 Å². The highest BCUT2D eigenvalue weighted by Gasteiger charge is 2.39. The fourth-order valence-corrected chi connectivity index (χ4v) is 4.88. The molecule has 29 heavy (non-hydrogen) atoms. The first-order valence-electron chi connectivity index (χ1n) is 10.5. The number of hydrogen-bond donors (Lipinski definition) is 2. The summed E-state index contributed by atoms with van der Waals surface area (Å²) in [6.45, 7) is 3.99. The van der Waals surface area contributed by atoms with Gasteiger partial charge in [0, 0.05) is 12.0 Å². The Labute approximate surface area is 171 Å². The largest absolute Gasteiger partial charge is 0.377 e. The summed E-state index contributed by atoms with van der Waals surface area (Å²) in [7, 11) is 0. The minimum Gasteiger partial charge on any atom is -0.377 e. The number of para-hydroxylation sites is 1. The van der Waals surface area contributed by atoms with Crippen LogP contribution in [0.5, 0.6) is 0 Å². The maximum absolute atomic E-state index is 12.9. The quantitative estimate of drug-likeness (QED) is 0.562. The Hall–Kier alpha value is -3.07. The predicted molar refractivity (Wildman–Crippen MR) is 119 cm³/mol. The molecule has 2 N–H and O–H groups in total. The number of benzene rings is 3. The van der Waals surface area contributed by atoms with E-state index in [4.69, 9.17) is 0 Å². The summed E-state index contributed by atoms with van der Waals surface area (Å²) in [4.78, 5) is 12.9. The lowest BCUT2D eigenvalue weighted by molar-refractivity contribution is 0.0943. The molecule has 1 aliphatic carbocycles. The topological polar surface area (TPSA) is 41.1 Å². The Morgan fingerprint density at radius 1 is 1.03 bits per heavy atom. The molecule has 2 aliphatic rings. The molecule has 0 radical (unpaired) electrons. The smallest absolute Gasteiger partial charge is 0.253 e. The summed E-state index contributed by atoms with van der Waals surface area (Å²) in [6, 6.07) is 21.6. The molecule has 1 aliphatic heterocycles. The maximum atomic E-state index is 12.9. The molecule has 0 saturated heterocycles. The highest BCUT2D eigenvalue weighted by atomic mass is 16.1. The van der Waals surface area contributed by atoms with Crippen molar-refractivity contribution in [1.82, 2.24) is 5.32 Å². The van der Waals surface area contributed by atoms with Gasteiger partial charge < -0.3 is 10.6 Å². The molecular formula is C26H26N2O. The number of carbonyl (C=O) groups excluding carboxylic acids is 1. The molecule has 3 atom stereocenters. The van der Waals surface area contributed by atoms with Crippen LogP contribution in [0.1, 0.15) is 53.7 Å². The van der Waals surface area contributed by atoms with Crippen molar-refractivity contribution in [3.8, 4) is 0 Å². The Morgan fingerprint density at radius 3 is 2.69 bits per heavy atom. The van der Waals surface area contributed by atoms with Crippen molar-refractivity contribution in [3.63, 3.8) is 0 Å². The molecule has 3 aromatic carbocycles. The van der Waals surface area contributed by atoms with Gasteiger partial charge in [-0.2, -0.15) is 0 Å². The minimum atomic E-state index is -0.0120. The molecule has 0 bridgehead atoms. The third-order valence-electron chi connectivity index (χ3n) is 6.19. The number of rotatable bonds is 3. The molecule has 1 heterocycles. The molecule has 3 nitrogen and oxygen atoms in total. The average molecular weight is 383 g/mol. The summed E-state index contributed by atoms with van der Waals surface area (Å²) in [6.07, 6.45) is 5.67. The van der Waals surface area contributed by atoms with Gasteiger partial charge in [0.15, 0.2) is 0 Å². The highest BCUT2D eigenvalue weighted by molar-refractivity contribution is 6.01. The lowest BCUT2D eigenvalue weighted by Crippen LogP contribution is -2.34. The molecule has 0 aromatic heterocycles. The van der Waals surface area contributed by atoms with Crippen LogP contribution < -0.4 is 10.6 Å². The van der Waals surface area contributed by atoms with Crippen LogP contribution in [0.25, 0.3) is 10.8 Å². The summed E-state index contributed by atoms with van der Waals surface area (Å²) in [5, 5.41) is 9.33. The van der Waals surface area contributed by atoms with Crippen LogP contribution in [0, 0.1) is 5.92 Å². The van der Waals surface area contributed by atoms with Crippen LogP contribution in [-0.2, 0) is 0 Å². The van der Waals surface area contributed by atoms with E-state index in [0.717, 1.165) is 17.7 Å². The summed E-state index contributed by atoms with van der Waals surface area (Å²) in [5.74, 6) is 0.795. The van der Waals surface area contributed by atoms with Crippen molar-refractivity contribution in [2.24, 2.45) is 5.92 Å². The van der Waals surface area contributed by atoms with Gasteiger partial charge in [-0.25, -0.2) is 0 Å². The van der Waals surface area contributed by atoms with Crippen LogP contribution in [0.2, 0.25) is 0 Å². The lowest BCUT2D eigenvalue weighted by atomic mass is 9.76. The number of hydrogen-bond acceptors (Lipinski definition) is 2. The van der Waals surface area contributed by atoms with E-state index in [0.29, 0.717) is 11.8 Å².